The lowest BCUT2D eigenvalue weighted by molar-refractivity contribution is -0.122. The molecule has 0 radical (unpaired) electrons. The van der Waals surface area contributed by atoms with E-state index >= 15 is 0 Å². The van der Waals surface area contributed by atoms with Gasteiger partial charge in [0.05, 0.1) is 41.9 Å². The van der Waals surface area contributed by atoms with Crippen molar-refractivity contribution in [2.75, 3.05) is 32.6 Å². The molecule has 3 rings (SSSR count). The monoisotopic (exact) mass is 520 g/mol. The number of pyridine rings is 1. The van der Waals surface area contributed by atoms with Crippen molar-refractivity contribution >= 4 is 53.2 Å². The highest BCUT2D eigenvalue weighted by molar-refractivity contribution is 6.39. The summed E-state index contributed by atoms with van der Waals surface area (Å²) in [5.41, 5.74) is 1.76. The summed E-state index contributed by atoms with van der Waals surface area (Å²) in [6.07, 6.45) is 4.48. The first-order chi connectivity index (χ1) is 16.8. The highest BCUT2D eigenvalue weighted by Gasteiger charge is 2.28. The maximum absolute atomic E-state index is 11.7. The second kappa shape index (κ2) is 11.9. The Balaban J connectivity index is 1.93. The molecule has 0 saturated carbocycles. The molecule has 1 aliphatic heterocycles. The van der Waals surface area contributed by atoms with Gasteiger partial charge >= 0.3 is 0 Å². The highest BCUT2D eigenvalue weighted by Crippen LogP contribution is 2.44. The summed E-state index contributed by atoms with van der Waals surface area (Å²) in [5.74, 6) is 1.11. The van der Waals surface area contributed by atoms with Gasteiger partial charge in [0.25, 0.3) is 6.47 Å². The second-order valence-corrected chi connectivity index (χ2v) is 8.42. The molecule has 2 aromatic rings. The van der Waals surface area contributed by atoms with E-state index in [-0.39, 0.29) is 45.8 Å². The van der Waals surface area contributed by atoms with E-state index in [2.05, 4.69) is 27.5 Å². The van der Waals surface area contributed by atoms with E-state index in [1.165, 1.54) is 20.3 Å². The van der Waals surface area contributed by atoms with Crippen LogP contribution in [0.15, 0.2) is 31.0 Å². The van der Waals surface area contributed by atoms with Crippen molar-refractivity contribution in [2.45, 2.75) is 19.0 Å². The molecule has 2 unspecified atom stereocenters. The van der Waals surface area contributed by atoms with Crippen LogP contribution in [0, 0.1) is 6.92 Å². The third-order valence-corrected chi connectivity index (χ3v) is 6.24. The average molecular weight is 521 g/mol. The van der Waals surface area contributed by atoms with Gasteiger partial charge < -0.3 is 30.2 Å². The Kier molecular flexibility index (Phi) is 8.97. The molecule has 1 aromatic heterocycles. The van der Waals surface area contributed by atoms with Crippen LogP contribution in [0.2, 0.25) is 10.0 Å². The average Bonchev–Trinajstić information content (AvgIpc) is 3.27. The minimum atomic E-state index is -0.232. The fourth-order valence-corrected chi connectivity index (χ4v) is 4.36. The van der Waals surface area contributed by atoms with Gasteiger partial charge in [-0.05, 0) is 36.3 Å². The van der Waals surface area contributed by atoms with Crippen molar-refractivity contribution in [1.29, 1.82) is 0 Å². The Bertz CT molecular complexity index is 1130. The number of ether oxygens (including phenoxy) is 3. The fourth-order valence-electron chi connectivity index (χ4n) is 3.67. The van der Waals surface area contributed by atoms with Crippen LogP contribution < -0.4 is 25.4 Å². The van der Waals surface area contributed by atoms with Crippen LogP contribution in [-0.4, -0.2) is 56.8 Å². The van der Waals surface area contributed by atoms with Crippen molar-refractivity contribution in [2.24, 2.45) is 0 Å². The number of aryl methyl sites for hydroxylation is 1. The number of nitrogens with one attached hydrogen (secondary N) is 3. The number of benzene rings is 1. The van der Waals surface area contributed by atoms with Crippen LogP contribution in [-0.2, 0) is 14.3 Å². The third-order valence-electron chi connectivity index (χ3n) is 5.49. The predicted octanol–water partition coefficient (Wildman–Crippen LogP) is 3.44. The molecule has 2 atom stereocenters. The molecule has 1 amide bonds. The van der Waals surface area contributed by atoms with Gasteiger partial charge in [0.15, 0.2) is 0 Å². The quantitative estimate of drug-likeness (QED) is 0.248. The number of hydrogen-bond acceptors (Lipinski definition) is 8. The molecular weight excluding hydrogens is 495 g/mol. The molecule has 0 spiro atoms. The van der Waals surface area contributed by atoms with Gasteiger partial charge in [-0.15, -0.1) is 0 Å². The van der Waals surface area contributed by atoms with E-state index in [1.54, 1.807) is 18.3 Å². The number of anilines is 1. The zero-order chi connectivity index (χ0) is 25.5. The summed E-state index contributed by atoms with van der Waals surface area (Å²) < 4.78 is 15.9. The first-order valence-electron chi connectivity index (χ1n) is 10.6. The van der Waals surface area contributed by atoms with E-state index in [1.807, 2.05) is 13.0 Å². The number of hydrogen-bond donors (Lipinski definition) is 3. The maximum Gasteiger partial charge on any atom is 0.298 e. The molecule has 186 valence electrons. The number of carbonyl (C=O) groups excluding carboxylic acids is 2. The van der Waals surface area contributed by atoms with Crippen molar-refractivity contribution in [3.63, 3.8) is 0 Å². The zero-order valence-corrected chi connectivity index (χ0v) is 21.0. The SMILES string of the molecule is C=CC(=O)NC1CNCC1Nc1cc(C)c(/C=C(\OC=O)c2c(Cl)c(OC)cc(OC)c2Cl)cn1. The number of methoxy groups -OCH3 is 2. The second-order valence-electron chi connectivity index (χ2n) is 7.66. The lowest BCUT2D eigenvalue weighted by Gasteiger charge is -2.21. The van der Waals surface area contributed by atoms with Gasteiger partial charge in [-0.3, -0.25) is 9.59 Å². The summed E-state index contributed by atoms with van der Waals surface area (Å²) in [4.78, 5) is 27.5. The number of rotatable bonds is 10. The van der Waals surface area contributed by atoms with Crippen LogP contribution in [0.25, 0.3) is 11.8 Å². The largest absolute Gasteiger partial charge is 0.495 e. The zero-order valence-electron chi connectivity index (χ0n) is 19.5. The normalized spacial score (nSPS) is 17.5. The Hall–Kier alpha value is -3.27. The summed E-state index contributed by atoms with van der Waals surface area (Å²) >= 11 is 13.0. The molecule has 11 heteroatoms. The first-order valence-corrected chi connectivity index (χ1v) is 11.4. The van der Waals surface area contributed by atoms with Gasteiger partial charge in [0.1, 0.15) is 23.1 Å². The maximum atomic E-state index is 11.7. The van der Waals surface area contributed by atoms with Gasteiger partial charge in [0.2, 0.25) is 5.91 Å². The minimum absolute atomic E-state index is 0.0528. The van der Waals surface area contributed by atoms with Gasteiger partial charge in [-0.25, -0.2) is 4.98 Å². The summed E-state index contributed by atoms with van der Waals surface area (Å²) in [6, 6.07) is 3.23. The number of carbonyl (C=O) groups is 2. The van der Waals surface area contributed by atoms with Gasteiger partial charge in [0, 0.05) is 25.4 Å². The van der Waals surface area contributed by atoms with E-state index in [4.69, 9.17) is 37.4 Å². The summed E-state index contributed by atoms with van der Waals surface area (Å²) in [7, 11) is 2.91. The van der Waals surface area contributed by atoms with Crippen molar-refractivity contribution in [1.82, 2.24) is 15.6 Å². The lowest BCUT2D eigenvalue weighted by atomic mass is 10.1. The smallest absolute Gasteiger partial charge is 0.298 e. The van der Waals surface area contributed by atoms with Crippen molar-refractivity contribution in [3.05, 3.63) is 57.7 Å². The number of halogens is 2. The molecule has 2 heterocycles. The first kappa shape index (κ1) is 26.3. The Morgan fingerprint density at radius 1 is 1.17 bits per heavy atom. The minimum Gasteiger partial charge on any atom is -0.495 e. The van der Waals surface area contributed by atoms with Gasteiger partial charge in [-0.1, -0.05) is 29.8 Å². The Morgan fingerprint density at radius 2 is 1.83 bits per heavy atom. The van der Waals surface area contributed by atoms with Crippen molar-refractivity contribution < 1.29 is 23.8 Å². The molecule has 1 saturated heterocycles. The predicted molar refractivity (Wildman–Crippen MR) is 136 cm³/mol. The molecular formula is C24H26Cl2N4O5. The van der Waals surface area contributed by atoms with Crippen molar-refractivity contribution in [3.8, 4) is 11.5 Å². The molecule has 1 fully saturated rings. The molecule has 1 aromatic carbocycles. The Morgan fingerprint density at radius 3 is 2.40 bits per heavy atom. The van der Waals surface area contributed by atoms with E-state index in [9.17, 15) is 9.59 Å². The van der Waals surface area contributed by atoms with Crippen LogP contribution in [0.5, 0.6) is 11.5 Å². The van der Waals surface area contributed by atoms with Crippen LogP contribution in [0.3, 0.4) is 0 Å². The highest BCUT2D eigenvalue weighted by atomic mass is 35.5. The molecule has 35 heavy (non-hydrogen) atoms. The van der Waals surface area contributed by atoms with Crippen LogP contribution in [0.4, 0.5) is 5.82 Å². The molecule has 0 aliphatic carbocycles. The van der Waals surface area contributed by atoms with Gasteiger partial charge in [-0.2, -0.15) is 0 Å². The lowest BCUT2D eigenvalue weighted by Crippen LogP contribution is -2.45. The van der Waals surface area contributed by atoms with Crippen LogP contribution >= 0.6 is 23.2 Å². The Labute approximate surface area is 213 Å². The standard InChI is InChI=1S/C24H26Cl2N4O5/c1-5-21(32)30-16-11-27-10-15(16)29-20-6-13(2)14(9-28-20)7-17(35-12-31)22-23(25)18(33-3)8-19(34-4)24(22)26/h5-9,12,15-16,27H,1,10-11H2,2-4H3,(H,28,29)(H,30,32)/b17-7-. The van der Waals surface area contributed by atoms with Crippen LogP contribution in [0.1, 0.15) is 16.7 Å². The molecule has 1 aliphatic rings. The number of amides is 1. The van der Waals surface area contributed by atoms with E-state index in [0.29, 0.717) is 36.0 Å². The molecule has 3 N–H and O–H groups in total. The third kappa shape index (κ3) is 6.05. The van der Waals surface area contributed by atoms with E-state index in [0.717, 1.165) is 5.56 Å². The molecule has 9 nitrogen and oxygen atoms in total. The summed E-state index contributed by atoms with van der Waals surface area (Å²) in [5, 5.41) is 9.81. The molecule has 0 bridgehead atoms. The van der Waals surface area contributed by atoms with E-state index < -0.39 is 0 Å². The fraction of sp³-hybridized carbons (Fsp3) is 0.292. The number of nitrogens with zero attached hydrogens (tertiary/aromatic N) is 1. The summed E-state index contributed by atoms with van der Waals surface area (Å²) in [6.45, 7) is 6.96. The number of aromatic nitrogens is 1. The topological polar surface area (TPSA) is 111 Å².